The Morgan fingerprint density at radius 1 is 1.43 bits per heavy atom. The van der Waals surface area contributed by atoms with Crippen molar-refractivity contribution in [3.8, 4) is 0 Å². The van der Waals surface area contributed by atoms with Crippen LogP contribution in [0.5, 0.6) is 0 Å². The molecule has 1 fully saturated rings. The Morgan fingerprint density at radius 3 is 2.64 bits per heavy atom. The van der Waals surface area contributed by atoms with E-state index in [1.165, 1.54) is 0 Å². The summed E-state index contributed by atoms with van der Waals surface area (Å²) in [6.45, 7) is 1.08. The molecular formula is C11H14O3. The van der Waals surface area contributed by atoms with Gasteiger partial charge in [-0.25, -0.2) is 4.79 Å². The lowest BCUT2D eigenvalue weighted by Gasteiger charge is -2.01. The second-order valence-corrected chi connectivity index (χ2v) is 2.92. The number of carbonyl (C=O) groups is 1. The standard InChI is InChI=1S/C10H10O3.CH4/c11-10(13-7-9-6-12-9)8-4-2-1-3-5-8;/h1-5,9H,6-7H2;1H4. The fourth-order valence-corrected chi connectivity index (χ4v) is 0.990. The van der Waals surface area contributed by atoms with Crippen LogP contribution in [0.25, 0.3) is 0 Å². The van der Waals surface area contributed by atoms with Crippen LogP contribution in [0.15, 0.2) is 30.3 Å². The van der Waals surface area contributed by atoms with Crippen molar-refractivity contribution in [3.05, 3.63) is 35.9 Å². The van der Waals surface area contributed by atoms with Gasteiger partial charge in [-0.2, -0.15) is 0 Å². The molecule has 14 heavy (non-hydrogen) atoms. The van der Waals surface area contributed by atoms with Gasteiger partial charge < -0.3 is 9.47 Å². The molecule has 0 N–H and O–H groups in total. The first-order valence-electron chi connectivity index (χ1n) is 4.20. The number of rotatable bonds is 3. The highest BCUT2D eigenvalue weighted by Crippen LogP contribution is 2.10. The van der Waals surface area contributed by atoms with Crippen molar-refractivity contribution in [2.45, 2.75) is 13.5 Å². The molecular weight excluding hydrogens is 180 g/mol. The molecule has 1 aromatic carbocycles. The molecule has 1 aromatic rings. The van der Waals surface area contributed by atoms with Crippen LogP contribution in [0.1, 0.15) is 17.8 Å². The van der Waals surface area contributed by atoms with Crippen LogP contribution >= 0.6 is 0 Å². The summed E-state index contributed by atoms with van der Waals surface area (Å²) < 4.78 is 9.91. The van der Waals surface area contributed by atoms with E-state index in [1.54, 1.807) is 12.1 Å². The second-order valence-electron chi connectivity index (χ2n) is 2.92. The molecule has 3 heteroatoms. The second kappa shape index (κ2) is 4.77. The van der Waals surface area contributed by atoms with Gasteiger partial charge in [-0.1, -0.05) is 25.6 Å². The molecule has 0 aromatic heterocycles. The molecule has 1 aliphatic rings. The minimum Gasteiger partial charge on any atom is -0.459 e. The number of hydrogen-bond acceptors (Lipinski definition) is 3. The van der Waals surface area contributed by atoms with E-state index >= 15 is 0 Å². The van der Waals surface area contributed by atoms with Gasteiger partial charge >= 0.3 is 5.97 Å². The zero-order valence-corrected chi connectivity index (χ0v) is 7.10. The first-order chi connectivity index (χ1) is 6.36. The lowest BCUT2D eigenvalue weighted by Crippen LogP contribution is -2.09. The molecule has 2 rings (SSSR count). The third-order valence-electron chi connectivity index (χ3n) is 1.81. The van der Waals surface area contributed by atoms with Crippen molar-refractivity contribution < 1.29 is 14.3 Å². The van der Waals surface area contributed by atoms with Crippen molar-refractivity contribution in [1.82, 2.24) is 0 Å². The van der Waals surface area contributed by atoms with Gasteiger partial charge in [0.2, 0.25) is 0 Å². The summed E-state index contributed by atoms with van der Waals surface area (Å²) in [5, 5.41) is 0. The predicted molar refractivity (Wildman–Crippen MR) is 53.2 cm³/mol. The van der Waals surface area contributed by atoms with Gasteiger partial charge in [-0.15, -0.1) is 0 Å². The zero-order valence-electron chi connectivity index (χ0n) is 7.10. The summed E-state index contributed by atoms with van der Waals surface area (Å²) in [5.74, 6) is -0.281. The van der Waals surface area contributed by atoms with Crippen molar-refractivity contribution in [2.75, 3.05) is 13.2 Å². The van der Waals surface area contributed by atoms with Crippen molar-refractivity contribution >= 4 is 5.97 Å². The van der Waals surface area contributed by atoms with Crippen LogP contribution in [0, 0.1) is 0 Å². The van der Waals surface area contributed by atoms with Gasteiger partial charge in [-0.05, 0) is 12.1 Å². The SMILES string of the molecule is C.O=C(OCC1CO1)c1ccccc1. The molecule has 0 amide bonds. The number of hydrogen-bond donors (Lipinski definition) is 0. The molecule has 1 unspecified atom stereocenters. The Hall–Kier alpha value is -1.35. The summed E-state index contributed by atoms with van der Waals surface area (Å²) >= 11 is 0. The van der Waals surface area contributed by atoms with Gasteiger partial charge in [0, 0.05) is 0 Å². The van der Waals surface area contributed by atoms with E-state index in [0.29, 0.717) is 18.8 Å². The van der Waals surface area contributed by atoms with E-state index < -0.39 is 0 Å². The van der Waals surface area contributed by atoms with Crippen LogP contribution < -0.4 is 0 Å². The lowest BCUT2D eigenvalue weighted by atomic mass is 10.2. The number of epoxide rings is 1. The van der Waals surface area contributed by atoms with Gasteiger partial charge in [-0.3, -0.25) is 0 Å². The number of ether oxygens (including phenoxy) is 2. The largest absolute Gasteiger partial charge is 0.459 e. The van der Waals surface area contributed by atoms with Crippen LogP contribution in [-0.2, 0) is 9.47 Å². The highest BCUT2D eigenvalue weighted by molar-refractivity contribution is 5.89. The highest BCUT2D eigenvalue weighted by atomic mass is 16.6. The molecule has 0 saturated carbocycles. The number of carbonyl (C=O) groups excluding carboxylic acids is 1. The molecule has 1 aliphatic heterocycles. The van der Waals surface area contributed by atoms with Crippen molar-refractivity contribution in [1.29, 1.82) is 0 Å². The van der Waals surface area contributed by atoms with Crippen LogP contribution in [-0.4, -0.2) is 25.3 Å². The Bertz CT molecular complexity index is 291. The Balaban J connectivity index is 0.000000980. The molecule has 0 radical (unpaired) electrons. The molecule has 0 aliphatic carbocycles. The van der Waals surface area contributed by atoms with E-state index in [0.717, 1.165) is 0 Å². The smallest absolute Gasteiger partial charge is 0.338 e. The average Bonchev–Trinajstić information content (AvgIpc) is 2.99. The maximum absolute atomic E-state index is 11.3. The Morgan fingerprint density at radius 2 is 2.07 bits per heavy atom. The first-order valence-corrected chi connectivity index (χ1v) is 4.20. The summed E-state index contributed by atoms with van der Waals surface area (Å²) in [6, 6.07) is 8.95. The molecule has 1 saturated heterocycles. The fourth-order valence-electron chi connectivity index (χ4n) is 0.990. The molecule has 1 heterocycles. The number of esters is 1. The van der Waals surface area contributed by atoms with Crippen molar-refractivity contribution in [2.24, 2.45) is 0 Å². The molecule has 0 bridgehead atoms. The van der Waals surface area contributed by atoms with E-state index in [-0.39, 0.29) is 19.5 Å². The minimum absolute atomic E-state index is 0. The van der Waals surface area contributed by atoms with E-state index in [2.05, 4.69) is 0 Å². The monoisotopic (exact) mass is 194 g/mol. The Labute approximate surface area is 83.6 Å². The molecule has 1 atom stereocenters. The summed E-state index contributed by atoms with van der Waals surface area (Å²) in [6.07, 6.45) is 0.132. The van der Waals surface area contributed by atoms with Crippen LogP contribution in [0.4, 0.5) is 0 Å². The average molecular weight is 194 g/mol. The van der Waals surface area contributed by atoms with Gasteiger partial charge in [0.05, 0.1) is 12.2 Å². The lowest BCUT2D eigenvalue weighted by molar-refractivity contribution is 0.0476. The summed E-state index contributed by atoms with van der Waals surface area (Å²) in [5.41, 5.74) is 0.586. The molecule has 76 valence electrons. The van der Waals surface area contributed by atoms with Gasteiger partial charge in [0.1, 0.15) is 12.7 Å². The summed E-state index contributed by atoms with van der Waals surface area (Å²) in [4.78, 5) is 11.3. The topological polar surface area (TPSA) is 38.8 Å². The maximum atomic E-state index is 11.3. The van der Waals surface area contributed by atoms with Crippen molar-refractivity contribution in [3.63, 3.8) is 0 Å². The van der Waals surface area contributed by atoms with Crippen LogP contribution in [0.2, 0.25) is 0 Å². The maximum Gasteiger partial charge on any atom is 0.338 e. The third-order valence-corrected chi connectivity index (χ3v) is 1.81. The van der Waals surface area contributed by atoms with E-state index in [4.69, 9.17) is 9.47 Å². The highest BCUT2D eigenvalue weighted by Gasteiger charge is 2.24. The summed E-state index contributed by atoms with van der Waals surface area (Å²) in [7, 11) is 0. The predicted octanol–water partition coefficient (Wildman–Crippen LogP) is 1.88. The normalized spacial score (nSPS) is 18.1. The number of benzene rings is 1. The Kier molecular flexibility index (Phi) is 3.65. The minimum atomic E-state index is -0.281. The van der Waals surface area contributed by atoms with Gasteiger partial charge in [0.15, 0.2) is 0 Å². The van der Waals surface area contributed by atoms with Gasteiger partial charge in [0.25, 0.3) is 0 Å². The fraction of sp³-hybridized carbons (Fsp3) is 0.364. The van der Waals surface area contributed by atoms with E-state index in [9.17, 15) is 4.79 Å². The first kappa shape index (κ1) is 10.7. The molecule has 0 spiro atoms. The van der Waals surface area contributed by atoms with E-state index in [1.807, 2.05) is 18.2 Å². The third kappa shape index (κ3) is 2.85. The quantitative estimate of drug-likeness (QED) is 0.544. The zero-order chi connectivity index (χ0) is 9.10. The van der Waals surface area contributed by atoms with Crippen LogP contribution in [0.3, 0.4) is 0 Å². The molecule has 3 nitrogen and oxygen atoms in total.